The number of thioether (sulfide) groups is 1. The van der Waals surface area contributed by atoms with Gasteiger partial charge in [-0.05, 0) is 76.6 Å². The first-order chi connectivity index (χ1) is 12.1. The van der Waals surface area contributed by atoms with E-state index in [4.69, 9.17) is 9.47 Å². The van der Waals surface area contributed by atoms with Crippen molar-refractivity contribution in [2.75, 3.05) is 20.0 Å². The van der Waals surface area contributed by atoms with Crippen LogP contribution in [0.15, 0.2) is 35.2 Å². The summed E-state index contributed by atoms with van der Waals surface area (Å²) in [7, 11) is 3.31. The molecule has 0 spiro atoms. The van der Waals surface area contributed by atoms with Gasteiger partial charge in [0.15, 0.2) is 11.5 Å². The highest BCUT2D eigenvalue weighted by Crippen LogP contribution is 2.34. The van der Waals surface area contributed by atoms with Gasteiger partial charge in [0.2, 0.25) is 0 Å². The number of methoxy groups -OCH3 is 2. The zero-order chi connectivity index (χ0) is 18.2. The minimum Gasteiger partial charge on any atom is -0.493 e. The molecule has 0 saturated heterocycles. The molecule has 0 radical (unpaired) electrons. The maximum absolute atomic E-state index is 9.32. The van der Waals surface area contributed by atoms with Crippen LogP contribution in [0, 0.1) is 14.9 Å². The first kappa shape index (κ1) is 19.9. The largest absolute Gasteiger partial charge is 0.493 e. The van der Waals surface area contributed by atoms with Crippen molar-refractivity contribution in [1.29, 1.82) is 5.26 Å². The molecule has 5 heteroatoms. The van der Waals surface area contributed by atoms with Crippen molar-refractivity contribution in [2.24, 2.45) is 0 Å². The van der Waals surface area contributed by atoms with Gasteiger partial charge < -0.3 is 9.47 Å². The second kappa shape index (κ2) is 9.93. The Labute approximate surface area is 167 Å². The maximum atomic E-state index is 9.32. The van der Waals surface area contributed by atoms with Gasteiger partial charge >= 0.3 is 0 Å². The molecule has 0 aromatic heterocycles. The zero-order valence-corrected chi connectivity index (χ0v) is 17.7. The smallest absolute Gasteiger partial charge is 0.174 e. The topological polar surface area (TPSA) is 42.2 Å². The second-order valence-electron chi connectivity index (χ2n) is 5.63. The van der Waals surface area contributed by atoms with Crippen LogP contribution >= 0.6 is 34.4 Å². The van der Waals surface area contributed by atoms with Crippen LogP contribution in [-0.4, -0.2) is 20.0 Å². The Bertz CT molecular complexity index is 771. The van der Waals surface area contributed by atoms with Crippen LogP contribution in [0.1, 0.15) is 36.5 Å². The van der Waals surface area contributed by atoms with Crippen molar-refractivity contribution >= 4 is 34.4 Å². The molecule has 0 saturated carbocycles. The fourth-order valence-electron chi connectivity index (χ4n) is 2.52. The Morgan fingerprint density at radius 1 is 1.12 bits per heavy atom. The lowest BCUT2D eigenvalue weighted by atomic mass is 10.0. The van der Waals surface area contributed by atoms with E-state index in [2.05, 4.69) is 47.7 Å². The van der Waals surface area contributed by atoms with E-state index in [0.29, 0.717) is 0 Å². The number of hydrogen-bond donors (Lipinski definition) is 0. The molecule has 0 heterocycles. The quantitative estimate of drug-likeness (QED) is 0.285. The predicted octanol–water partition coefficient (Wildman–Crippen LogP) is 5.66. The lowest BCUT2D eigenvalue weighted by Gasteiger charge is -2.13. The summed E-state index contributed by atoms with van der Waals surface area (Å²) in [6.45, 7) is 2.18. The summed E-state index contributed by atoms with van der Waals surface area (Å²) >= 11 is 4.04. The minimum atomic E-state index is 0.746. The van der Waals surface area contributed by atoms with Crippen molar-refractivity contribution in [3.63, 3.8) is 0 Å². The zero-order valence-electron chi connectivity index (χ0n) is 14.8. The number of unbranched alkanes of at least 4 members (excludes halogenated alkanes) is 1. The first-order valence-electron chi connectivity index (χ1n) is 8.19. The third-order valence-electron chi connectivity index (χ3n) is 3.82. The molecule has 0 aliphatic carbocycles. The molecule has 3 nitrogen and oxygen atoms in total. The Morgan fingerprint density at radius 3 is 2.56 bits per heavy atom. The Morgan fingerprint density at radius 2 is 1.92 bits per heavy atom. The number of rotatable bonds is 8. The third kappa shape index (κ3) is 5.29. The molecule has 25 heavy (non-hydrogen) atoms. The lowest BCUT2D eigenvalue weighted by Crippen LogP contribution is -1.97. The van der Waals surface area contributed by atoms with Crippen LogP contribution in [0.5, 0.6) is 11.5 Å². The number of nitriles is 1. The molecular formula is C20H22INO2S. The predicted molar refractivity (Wildman–Crippen MR) is 112 cm³/mol. The van der Waals surface area contributed by atoms with Gasteiger partial charge in [0.25, 0.3) is 0 Å². The number of ether oxygens (including phenoxy) is 2. The van der Waals surface area contributed by atoms with Gasteiger partial charge in [-0.2, -0.15) is 5.26 Å². The van der Waals surface area contributed by atoms with E-state index < -0.39 is 0 Å². The average molecular weight is 467 g/mol. The van der Waals surface area contributed by atoms with E-state index in [1.165, 1.54) is 12.0 Å². The standard InChI is InChI=1S/C20H22INO2S/c1-4-5-8-25-19-12-14(6-7-16(19)13-22)9-15-10-17(21)20(24-3)18(11-15)23-2/h6-7,10-12H,4-5,8-9H2,1-3H3. The lowest BCUT2D eigenvalue weighted by molar-refractivity contribution is 0.352. The Kier molecular flexibility index (Phi) is 7.91. The van der Waals surface area contributed by atoms with Crippen LogP contribution in [0.4, 0.5) is 0 Å². The third-order valence-corrected chi connectivity index (χ3v) is 5.77. The minimum absolute atomic E-state index is 0.746. The van der Waals surface area contributed by atoms with Crippen LogP contribution in [0.3, 0.4) is 0 Å². The molecule has 0 amide bonds. The molecule has 0 N–H and O–H groups in total. The van der Waals surface area contributed by atoms with E-state index in [9.17, 15) is 5.26 Å². The molecule has 0 aliphatic rings. The molecule has 0 aliphatic heterocycles. The van der Waals surface area contributed by atoms with E-state index in [1.807, 2.05) is 18.2 Å². The second-order valence-corrected chi connectivity index (χ2v) is 7.93. The molecule has 0 atom stereocenters. The van der Waals surface area contributed by atoms with Crippen molar-refractivity contribution < 1.29 is 9.47 Å². The normalized spacial score (nSPS) is 10.4. The van der Waals surface area contributed by atoms with Gasteiger partial charge in [-0.25, -0.2) is 0 Å². The van der Waals surface area contributed by atoms with Crippen LogP contribution < -0.4 is 9.47 Å². The first-order valence-corrected chi connectivity index (χ1v) is 10.3. The summed E-state index contributed by atoms with van der Waals surface area (Å²) in [6.07, 6.45) is 3.12. The Balaban J connectivity index is 2.27. The van der Waals surface area contributed by atoms with Gasteiger partial charge in [-0.1, -0.05) is 19.4 Å². The van der Waals surface area contributed by atoms with Crippen molar-refractivity contribution in [2.45, 2.75) is 31.1 Å². The molecule has 0 fully saturated rings. The molecule has 2 aromatic carbocycles. The van der Waals surface area contributed by atoms with Gasteiger partial charge in [0.1, 0.15) is 6.07 Å². The summed E-state index contributed by atoms with van der Waals surface area (Å²) in [5.41, 5.74) is 3.11. The highest BCUT2D eigenvalue weighted by molar-refractivity contribution is 14.1. The molecule has 2 rings (SSSR count). The van der Waals surface area contributed by atoms with Gasteiger partial charge in [-0.15, -0.1) is 11.8 Å². The summed E-state index contributed by atoms with van der Waals surface area (Å²) in [6, 6.07) is 12.5. The summed E-state index contributed by atoms with van der Waals surface area (Å²) < 4.78 is 11.9. The highest BCUT2D eigenvalue weighted by Gasteiger charge is 2.12. The molecular weight excluding hydrogens is 445 g/mol. The number of benzene rings is 2. The molecule has 0 bridgehead atoms. The highest BCUT2D eigenvalue weighted by atomic mass is 127. The van der Waals surface area contributed by atoms with Crippen molar-refractivity contribution in [3.05, 3.63) is 50.6 Å². The average Bonchev–Trinajstić information content (AvgIpc) is 2.61. The molecule has 132 valence electrons. The number of hydrogen-bond acceptors (Lipinski definition) is 4. The van der Waals surface area contributed by atoms with Crippen LogP contribution in [0.2, 0.25) is 0 Å². The van der Waals surface area contributed by atoms with Crippen molar-refractivity contribution in [1.82, 2.24) is 0 Å². The van der Waals surface area contributed by atoms with E-state index in [-0.39, 0.29) is 0 Å². The SMILES string of the molecule is CCCCSc1cc(Cc2cc(I)c(OC)c(OC)c2)ccc1C#N. The van der Waals surface area contributed by atoms with E-state index in [1.54, 1.807) is 26.0 Å². The monoisotopic (exact) mass is 467 g/mol. The van der Waals surface area contributed by atoms with Crippen LogP contribution in [0.25, 0.3) is 0 Å². The van der Waals surface area contributed by atoms with E-state index >= 15 is 0 Å². The maximum Gasteiger partial charge on any atom is 0.174 e. The van der Waals surface area contributed by atoms with Gasteiger partial charge in [0, 0.05) is 4.90 Å². The number of halogens is 1. The molecule has 0 unspecified atom stereocenters. The van der Waals surface area contributed by atoms with Gasteiger partial charge in [0.05, 0.1) is 23.4 Å². The number of nitrogens with zero attached hydrogens (tertiary/aromatic N) is 1. The fraction of sp³-hybridized carbons (Fsp3) is 0.350. The fourth-order valence-corrected chi connectivity index (χ4v) is 4.57. The van der Waals surface area contributed by atoms with Crippen molar-refractivity contribution in [3.8, 4) is 17.6 Å². The van der Waals surface area contributed by atoms with E-state index in [0.717, 1.165) is 49.7 Å². The molecule has 2 aromatic rings. The Hall–Kier alpha value is -1.39. The summed E-state index contributed by atoms with van der Waals surface area (Å²) in [4.78, 5) is 1.07. The van der Waals surface area contributed by atoms with Crippen LogP contribution in [-0.2, 0) is 6.42 Å². The summed E-state index contributed by atoms with van der Waals surface area (Å²) in [5.74, 6) is 2.56. The summed E-state index contributed by atoms with van der Waals surface area (Å²) in [5, 5.41) is 9.32. The van der Waals surface area contributed by atoms with Gasteiger partial charge in [-0.3, -0.25) is 0 Å².